The number of nitrogens with zero attached hydrogens (tertiary/aromatic N) is 2. The van der Waals surface area contributed by atoms with Gasteiger partial charge in [-0.05, 0) is 38.2 Å². The normalized spacial score (nSPS) is 12.5. The zero-order valence-electron chi connectivity index (χ0n) is 12.8. The van der Waals surface area contributed by atoms with Crippen LogP contribution in [-0.2, 0) is 9.53 Å². The number of carbonyl (C=O) groups is 1. The van der Waals surface area contributed by atoms with E-state index in [-0.39, 0.29) is 24.9 Å². The summed E-state index contributed by atoms with van der Waals surface area (Å²) in [6.07, 6.45) is -0.631. The molecule has 0 heterocycles. The third-order valence-corrected chi connectivity index (χ3v) is 3.04. The molecule has 21 heavy (non-hydrogen) atoms. The molecule has 0 aliphatic rings. The number of amides is 1. The molecule has 1 N–H and O–H groups in total. The van der Waals surface area contributed by atoms with Crippen molar-refractivity contribution in [3.63, 3.8) is 0 Å². The number of carbonyl (C=O) groups excluding carboxylic acids is 1. The number of aliphatic hydroxyl groups excluding tert-OH is 1. The molecule has 0 saturated carbocycles. The van der Waals surface area contributed by atoms with Crippen LogP contribution in [0.3, 0.4) is 0 Å². The van der Waals surface area contributed by atoms with Gasteiger partial charge in [-0.25, -0.2) is 4.39 Å². The van der Waals surface area contributed by atoms with Gasteiger partial charge in [-0.15, -0.1) is 0 Å². The third-order valence-electron chi connectivity index (χ3n) is 3.04. The number of rotatable bonds is 8. The molecule has 0 spiro atoms. The number of hydrogen-bond acceptors (Lipinski definition) is 4. The Hall–Kier alpha value is -1.50. The molecule has 1 aromatic rings. The standard InChI is InChI=1S/C15H23FN2O3/c1-4-18(13-7-5-12(16)6-8-13)15(20)10-17(2)9-14(19)11-21-3/h5-8,14,19H,4,9-11H2,1-3H3. The van der Waals surface area contributed by atoms with Crippen molar-refractivity contribution in [2.45, 2.75) is 13.0 Å². The van der Waals surface area contributed by atoms with Gasteiger partial charge in [0.15, 0.2) is 0 Å². The first-order valence-corrected chi connectivity index (χ1v) is 6.89. The smallest absolute Gasteiger partial charge is 0.241 e. The molecule has 0 radical (unpaired) electrons. The van der Waals surface area contributed by atoms with Crippen LogP contribution in [0.5, 0.6) is 0 Å². The van der Waals surface area contributed by atoms with Gasteiger partial charge in [0, 0.05) is 25.9 Å². The van der Waals surface area contributed by atoms with E-state index in [0.29, 0.717) is 18.8 Å². The largest absolute Gasteiger partial charge is 0.389 e. The second-order valence-corrected chi connectivity index (χ2v) is 4.92. The van der Waals surface area contributed by atoms with Gasteiger partial charge >= 0.3 is 0 Å². The Morgan fingerprint density at radius 2 is 2.00 bits per heavy atom. The number of likely N-dealkylation sites (N-methyl/N-ethyl adjacent to an activating group) is 2. The lowest BCUT2D eigenvalue weighted by atomic mass is 10.2. The van der Waals surface area contributed by atoms with E-state index in [1.165, 1.54) is 19.2 Å². The summed E-state index contributed by atoms with van der Waals surface area (Å²) >= 11 is 0. The van der Waals surface area contributed by atoms with Gasteiger partial charge < -0.3 is 14.7 Å². The molecule has 6 heteroatoms. The number of benzene rings is 1. The molecule has 1 amide bonds. The highest BCUT2D eigenvalue weighted by Gasteiger charge is 2.17. The molecule has 0 aliphatic heterocycles. The molecule has 1 aromatic carbocycles. The Morgan fingerprint density at radius 3 is 2.52 bits per heavy atom. The number of halogens is 1. The molecule has 1 unspecified atom stereocenters. The summed E-state index contributed by atoms with van der Waals surface area (Å²) in [5.74, 6) is -0.432. The molecule has 1 rings (SSSR count). The Balaban J connectivity index is 2.61. The Morgan fingerprint density at radius 1 is 1.38 bits per heavy atom. The van der Waals surface area contributed by atoms with Crippen LogP contribution in [0.2, 0.25) is 0 Å². The predicted molar refractivity (Wildman–Crippen MR) is 79.8 cm³/mol. The monoisotopic (exact) mass is 298 g/mol. The first-order chi connectivity index (χ1) is 9.97. The summed E-state index contributed by atoms with van der Waals surface area (Å²) in [4.78, 5) is 15.6. The van der Waals surface area contributed by atoms with Gasteiger partial charge in [0.05, 0.1) is 19.3 Å². The van der Waals surface area contributed by atoms with Crippen molar-refractivity contribution in [2.75, 3.05) is 45.3 Å². The Labute approximate surface area is 124 Å². The highest BCUT2D eigenvalue weighted by Crippen LogP contribution is 2.15. The minimum Gasteiger partial charge on any atom is -0.389 e. The maximum absolute atomic E-state index is 12.9. The molecule has 0 aliphatic carbocycles. The van der Waals surface area contributed by atoms with E-state index in [2.05, 4.69) is 0 Å². The highest BCUT2D eigenvalue weighted by atomic mass is 19.1. The van der Waals surface area contributed by atoms with Crippen molar-refractivity contribution in [1.82, 2.24) is 4.90 Å². The highest BCUT2D eigenvalue weighted by molar-refractivity contribution is 5.94. The predicted octanol–water partition coefficient (Wildman–Crippen LogP) is 1.12. The van der Waals surface area contributed by atoms with E-state index in [9.17, 15) is 14.3 Å². The minimum atomic E-state index is -0.631. The van der Waals surface area contributed by atoms with Crippen molar-refractivity contribution in [2.24, 2.45) is 0 Å². The number of ether oxygens (including phenoxy) is 1. The van der Waals surface area contributed by atoms with Crippen LogP contribution in [0.15, 0.2) is 24.3 Å². The number of anilines is 1. The van der Waals surface area contributed by atoms with Crippen LogP contribution in [0, 0.1) is 5.82 Å². The fourth-order valence-corrected chi connectivity index (χ4v) is 2.11. The van der Waals surface area contributed by atoms with Crippen LogP contribution in [0.25, 0.3) is 0 Å². The third kappa shape index (κ3) is 5.79. The summed E-state index contributed by atoms with van der Waals surface area (Å²) in [7, 11) is 3.27. The van der Waals surface area contributed by atoms with E-state index in [1.807, 2.05) is 6.92 Å². The van der Waals surface area contributed by atoms with Crippen molar-refractivity contribution in [3.8, 4) is 0 Å². The van der Waals surface area contributed by atoms with Gasteiger partial charge in [-0.1, -0.05) is 0 Å². The number of hydrogen-bond donors (Lipinski definition) is 1. The first-order valence-electron chi connectivity index (χ1n) is 6.89. The SMILES string of the molecule is CCN(C(=O)CN(C)CC(O)COC)c1ccc(F)cc1. The van der Waals surface area contributed by atoms with Gasteiger partial charge in [0.1, 0.15) is 5.82 Å². The van der Waals surface area contributed by atoms with E-state index < -0.39 is 6.10 Å². The molecule has 0 aromatic heterocycles. The first kappa shape index (κ1) is 17.6. The summed E-state index contributed by atoms with van der Waals surface area (Å²) in [6, 6.07) is 5.82. The lowest BCUT2D eigenvalue weighted by molar-refractivity contribution is -0.119. The average Bonchev–Trinajstić information content (AvgIpc) is 2.41. The van der Waals surface area contributed by atoms with Gasteiger partial charge in [-0.3, -0.25) is 9.69 Å². The summed E-state index contributed by atoms with van der Waals surface area (Å²) < 4.78 is 17.8. The molecule has 1 atom stereocenters. The van der Waals surface area contributed by atoms with Crippen LogP contribution >= 0.6 is 0 Å². The molecule has 0 fully saturated rings. The van der Waals surface area contributed by atoms with Gasteiger partial charge in [0.25, 0.3) is 0 Å². The maximum atomic E-state index is 12.9. The number of methoxy groups -OCH3 is 1. The van der Waals surface area contributed by atoms with E-state index in [4.69, 9.17) is 4.74 Å². The average molecular weight is 298 g/mol. The zero-order chi connectivity index (χ0) is 15.8. The molecule has 118 valence electrons. The summed E-state index contributed by atoms with van der Waals surface area (Å²) in [5, 5.41) is 9.64. The van der Waals surface area contributed by atoms with E-state index in [1.54, 1.807) is 29.0 Å². The van der Waals surface area contributed by atoms with Crippen molar-refractivity contribution >= 4 is 11.6 Å². The molecular formula is C15H23FN2O3. The zero-order valence-corrected chi connectivity index (χ0v) is 12.8. The van der Waals surface area contributed by atoms with E-state index in [0.717, 1.165) is 0 Å². The second-order valence-electron chi connectivity index (χ2n) is 4.92. The van der Waals surface area contributed by atoms with Crippen molar-refractivity contribution < 1.29 is 19.0 Å². The van der Waals surface area contributed by atoms with Gasteiger partial charge in [-0.2, -0.15) is 0 Å². The minimum absolute atomic E-state index is 0.101. The molecule has 0 bridgehead atoms. The van der Waals surface area contributed by atoms with Crippen LogP contribution in [0.4, 0.5) is 10.1 Å². The van der Waals surface area contributed by atoms with E-state index >= 15 is 0 Å². The fourth-order valence-electron chi connectivity index (χ4n) is 2.11. The van der Waals surface area contributed by atoms with Crippen LogP contribution in [-0.4, -0.2) is 62.4 Å². The lowest BCUT2D eigenvalue weighted by Crippen LogP contribution is -2.42. The second kappa shape index (κ2) is 8.71. The molecule has 0 saturated heterocycles. The Bertz CT molecular complexity index is 439. The van der Waals surface area contributed by atoms with Crippen molar-refractivity contribution in [1.29, 1.82) is 0 Å². The quantitative estimate of drug-likeness (QED) is 0.781. The van der Waals surface area contributed by atoms with Crippen LogP contribution in [0.1, 0.15) is 6.92 Å². The summed E-state index contributed by atoms with van der Waals surface area (Å²) in [6.45, 7) is 3.11. The number of aliphatic hydroxyl groups is 1. The molecular weight excluding hydrogens is 275 g/mol. The van der Waals surface area contributed by atoms with Crippen molar-refractivity contribution in [3.05, 3.63) is 30.1 Å². The lowest BCUT2D eigenvalue weighted by Gasteiger charge is -2.25. The van der Waals surface area contributed by atoms with Crippen LogP contribution < -0.4 is 4.90 Å². The topological polar surface area (TPSA) is 53.0 Å². The molecule has 5 nitrogen and oxygen atoms in total. The summed E-state index contributed by atoms with van der Waals surface area (Å²) in [5.41, 5.74) is 0.662. The Kier molecular flexibility index (Phi) is 7.28. The fraction of sp³-hybridized carbons (Fsp3) is 0.533. The van der Waals surface area contributed by atoms with Gasteiger partial charge in [0.2, 0.25) is 5.91 Å². The maximum Gasteiger partial charge on any atom is 0.241 e.